The highest BCUT2D eigenvalue weighted by atomic mass is 19.1. The molecule has 0 bridgehead atoms. The number of hydrogen-bond donors (Lipinski definition) is 2. The normalized spacial score (nSPS) is 18.5. The Morgan fingerprint density at radius 1 is 1.03 bits per heavy atom. The topological polar surface area (TPSA) is 70.7 Å². The van der Waals surface area contributed by atoms with Gasteiger partial charge in [0.25, 0.3) is 5.91 Å². The van der Waals surface area contributed by atoms with Gasteiger partial charge in [0.1, 0.15) is 17.5 Å². The van der Waals surface area contributed by atoms with Crippen LogP contribution in [0.4, 0.5) is 24.5 Å². The molecule has 0 spiro atoms. The minimum absolute atomic E-state index is 0.0128. The van der Waals surface area contributed by atoms with E-state index in [1.807, 2.05) is 18.7 Å². The van der Waals surface area contributed by atoms with Gasteiger partial charge >= 0.3 is 0 Å². The van der Waals surface area contributed by atoms with Gasteiger partial charge in [0.05, 0.1) is 23.5 Å². The number of amides is 2. The van der Waals surface area contributed by atoms with Crippen molar-refractivity contribution >= 4 is 23.2 Å². The van der Waals surface area contributed by atoms with Gasteiger partial charge < -0.3 is 20.3 Å². The van der Waals surface area contributed by atoms with Crippen LogP contribution in [-0.4, -0.2) is 43.7 Å². The number of nitrogens with zero attached hydrogens (tertiary/aromatic N) is 1. The Balaban J connectivity index is 1.51. The predicted molar refractivity (Wildman–Crippen MR) is 111 cm³/mol. The number of nitrogens with one attached hydrogen (secondary N) is 2. The highest BCUT2D eigenvalue weighted by Gasteiger charge is 2.24. The number of ether oxygens (including phenoxy) is 1. The summed E-state index contributed by atoms with van der Waals surface area (Å²) in [5.74, 6) is -3.43. The molecule has 1 aliphatic rings. The molecule has 1 heterocycles. The maximum Gasteiger partial charge on any atom is 0.254 e. The molecular weight excluding hydrogens is 411 g/mol. The molecule has 0 saturated carbocycles. The third-order valence-corrected chi connectivity index (χ3v) is 4.81. The van der Waals surface area contributed by atoms with E-state index >= 15 is 0 Å². The molecule has 2 aromatic rings. The van der Waals surface area contributed by atoms with E-state index in [9.17, 15) is 22.8 Å². The molecule has 1 fully saturated rings. The second-order valence-electron chi connectivity index (χ2n) is 7.51. The van der Waals surface area contributed by atoms with Crippen LogP contribution in [0.1, 0.15) is 30.6 Å². The molecule has 3 rings (SSSR count). The zero-order valence-electron chi connectivity index (χ0n) is 17.3. The molecular formula is C22H24F3N3O3. The number of morpholine rings is 1. The van der Waals surface area contributed by atoms with Crippen molar-refractivity contribution in [3.05, 3.63) is 59.4 Å². The summed E-state index contributed by atoms with van der Waals surface area (Å²) in [6.45, 7) is 4.94. The lowest BCUT2D eigenvalue weighted by molar-refractivity contribution is -0.116. The summed E-state index contributed by atoms with van der Waals surface area (Å²) in [5, 5.41) is 4.96. The fraction of sp³-hybridized carbons (Fsp3) is 0.364. The molecule has 9 heteroatoms. The summed E-state index contributed by atoms with van der Waals surface area (Å²) in [5.41, 5.74) is 0.413. The molecule has 166 valence electrons. The van der Waals surface area contributed by atoms with E-state index in [-0.39, 0.29) is 36.4 Å². The SMILES string of the molecule is CC1CN(c2ccc(NC(=O)CCNC(=O)c3ccc(F)cc3F)cc2F)CC(C)O1. The molecule has 0 aliphatic carbocycles. The monoisotopic (exact) mass is 435 g/mol. The summed E-state index contributed by atoms with van der Waals surface area (Å²) in [6.07, 6.45) is -0.126. The number of benzene rings is 2. The number of hydrogen-bond acceptors (Lipinski definition) is 4. The van der Waals surface area contributed by atoms with Crippen LogP contribution in [0.15, 0.2) is 36.4 Å². The lowest BCUT2D eigenvalue weighted by Crippen LogP contribution is -2.45. The third-order valence-electron chi connectivity index (χ3n) is 4.81. The predicted octanol–water partition coefficient (Wildman–Crippen LogP) is 3.48. The summed E-state index contributed by atoms with van der Waals surface area (Å²) in [4.78, 5) is 25.9. The van der Waals surface area contributed by atoms with Gasteiger partial charge in [0.15, 0.2) is 0 Å². The van der Waals surface area contributed by atoms with Crippen molar-refractivity contribution in [1.29, 1.82) is 0 Å². The molecule has 0 aromatic heterocycles. The Morgan fingerprint density at radius 2 is 1.74 bits per heavy atom. The Morgan fingerprint density at radius 3 is 2.39 bits per heavy atom. The standard InChI is InChI=1S/C22H24F3N3O3/c1-13-11-28(12-14(2)31-13)20-6-4-16(10-19(20)25)27-21(29)7-8-26-22(30)17-5-3-15(23)9-18(17)24/h3-6,9-10,13-14H,7-8,11-12H2,1-2H3,(H,26,30)(H,27,29). The first-order chi connectivity index (χ1) is 14.7. The Kier molecular flexibility index (Phi) is 7.17. The summed E-state index contributed by atoms with van der Waals surface area (Å²) in [6, 6.07) is 7.06. The van der Waals surface area contributed by atoms with E-state index in [0.29, 0.717) is 24.8 Å². The fourth-order valence-corrected chi connectivity index (χ4v) is 3.50. The summed E-state index contributed by atoms with van der Waals surface area (Å²) in [7, 11) is 0. The van der Waals surface area contributed by atoms with E-state index in [1.165, 1.54) is 6.07 Å². The summed E-state index contributed by atoms with van der Waals surface area (Å²) >= 11 is 0. The van der Waals surface area contributed by atoms with Crippen molar-refractivity contribution in [1.82, 2.24) is 5.32 Å². The lowest BCUT2D eigenvalue weighted by Gasteiger charge is -2.37. The number of anilines is 2. The average Bonchev–Trinajstić information content (AvgIpc) is 2.67. The zero-order chi connectivity index (χ0) is 22.5. The van der Waals surface area contributed by atoms with Crippen LogP contribution in [-0.2, 0) is 9.53 Å². The first-order valence-corrected chi connectivity index (χ1v) is 9.96. The molecule has 2 N–H and O–H groups in total. The van der Waals surface area contributed by atoms with Crippen LogP contribution < -0.4 is 15.5 Å². The minimum Gasteiger partial charge on any atom is -0.372 e. The van der Waals surface area contributed by atoms with Crippen LogP contribution in [0.5, 0.6) is 0 Å². The van der Waals surface area contributed by atoms with E-state index in [0.717, 1.165) is 12.1 Å². The van der Waals surface area contributed by atoms with E-state index in [1.54, 1.807) is 12.1 Å². The number of rotatable bonds is 6. The van der Waals surface area contributed by atoms with Crippen LogP contribution in [0.2, 0.25) is 0 Å². The maximum absolute atomic E-state index is 14.6. The van der Waals surface area contributed by atoms with E-state index in [2.05, 4.69) is 10.6 Å². The minimum atomic E-state index is -0.985. The summed E-state index contributed by atoms with van der Waals surface area (Å²) < 4.78 is 46.8. The van der Waals surface area contributed by atoms with Gasteiger partial charge in [-0.05, 0) is 44.2 Å². The van der Waals surface area contributed by atoms with Crippen molar-refractivity contribution in [2.45, 2.75) is 32.5 Å². The van der Waals surface area contributed by atoms with Crippen LogP contribution in [0.25, 0.3) is 0 Å². The van der Waals surface area contributed by atoms with Crippen molar-refractivity contribution in [2.24, 2.45) is 0 Å². The second-order valence-corrected chi connectivity index (χ2v) is 7.51. The molecule has 1 saturated heterocycles. The highest BCUT2D eigenvalue weighted by Crippen LogP contribution is 2.26. The number of halogens is 3. The smallest absolute Gasteiger partial charge is 0.254 e. The lowest BCUT2D eigenvalue weighted by atomic mass is 10.1. The zero-order valence-corrected chi connectivity index (χ0v) is 17.3. The quantitative estimate of drug-likeness (QED) is 0.729. The van der Waals surface area contributed by atoms with Gasteiger partial charge in [-0.2, -0.15) is 0 Å². The van der Waals surface area contributed by atoms with Crippen LogP contribution in [0, 0.1) is 17.5 Å². The third kappa shape index (κ3) is 5.97. The van der Waals surface area contributed by atoms with Crippen molar-refractivity contribution < 1.29 is 27.5 Å². The van der Waals surface area contributed by atoms with Gasteiger partial charge in [-0.15, -0.1) is 0 Å². The molecule has 0 radical (unpaired) electrons. The van der Waals surface area contributed by atoms with Gasteiger partial charge in [-0.3, -0.25) is 9.59 Å². The second kappa shape index (κ2) is 9.82. The molecule has 2 amide bonds. The van der Waals surface area contributed by atoms with Crippen LogP contribution in [0.3, 0.4) is 0 Å². The molecule has 1 aliphatic heterocycles. The maximum atomic E-state index is 14.6. The Labute approximate surface area is 178 Å². The largest absolute Gasteiger partial charge is 0.372 e. The van der Waals surface area contributed by atoms with Gasteiger partial charge in [0.2, 0.25) is 5.91 Å². The average molecular weight is 435 g/mol. The molecule has 2 atom stereocenters. The van der Waals surface area contributed by atoms with Crippen LogP contribution >= 0.6 is 0 Å². The Hall–Kier alpha value is -3.07. The van der Waals surface area contributed by atoms with Gasteiger partial charge in [0, 0.05) is 37.8 Å². The molecule has 31 heavy (non-hydrogen) atoms. The Bertz CT molecular complexity index is 960. The first kappa shape index (κ1) is 22.6. The van der Waals surface area contributed by atoms with Crippen molar-refractivity contribution in [3.63, 3.8) is 0 Å². The molecule has 2 unspecified atom stereocenters. The fourth-order valence-electron chi connectivity index (χ4n) is 3.50. The number of carbonyl (C=O) groups excluding carboxylic acids is 2. The van der Waals surface area contributed by atoms with E-state index in [4.69, 9.17) is 4.74 Å². The number of carbonyl (C=O) groups is 2. The van der Waals surface area contributed by atoms with Crippen molar-refractivity contribution in [3.8, 4) is 0 Å². The van der Waals surface area contributed by atoms with Gasteiger partial charge in [-0.1, -0.05) is 0 Å². The highest BCUT2D eigenvalue weighted by molar-refractivity contribution is 5.95. The molecule has 6 nitrogen and oxygen atoms in total. The molecule has 2 aromatic carbocycles. The van der Waals surface area contributed by atoms with Gasteiger partial charge in [-0.25, -0.2) is 13.2 Å². The van der Waals surface area contributed by atoms with E-state index < -0.39 is 29.3 Å². The first-order valence-electron chi connectivity index (χ1n) is 9.96. The van der Waals surface area contributed by atoms with Crippen molar-refractivity contribution in [2.75, 3.05) is 29.9 Å².